The molecule has 0 aliphatic heterocycles. The molecule has 1 unspecified atom stereocenters. The lowest BCUT2D eigenvalue weighted by Gasteiger charge is -2.36. The molecule has 1 aliphatic rings. The minimum Gasteiger partial charge on any atom is -0.465 e. The Morgan fingerprint density at radius 1 is 1.61 bits per heavy atom. The van der Waals surface area contributed by atoms with Crippen LogP contribution in [0.25, 0.3) is 0 Å². The second-order valence-corrected chi connectivity index (χ2v) is 5.34. The summed E-state index contributed by atoms with van der Waals surface area (Å²) >= 11 is 3.33. The first kappa shape index (κ1) is 13.3. The maximum Gasteiger partial charge on any atom is 0.404 e. The second kappa shape index (κ2) is 5.67. The Bertz CT molecular complexity index is 418. The van der Waals surface area contributed by atoms with Crippen LogP contribution in [-0.4, -0.2) is 28.3 Å². The number of carbonyl (C=O) groups is 1. The van der Waals surface area contributed by atoms with Crippen LogP contribution in [0.4, 0.5) is 4.79 Å². The molecule has 2 rings (SSSR count). The predicted molar refractivity (Wildman–Crippen MR) is 69.4 cm³/mol. The third-order valence-corrected chi connectivity index (χ3v) is 3.45. The number of hydrogen-bond acceptors (Lipinski definition) is 3. The van der Waals surface area contributed by atoms with E-state index in [2.05, 4.69) is 26.2 Å². The fraction of sp³-hybridized carbons (Fsp3) is 0.500. The highest BCUT2D eigenvalue weighted by atomic mass is 79.9. The van der Waals surface area contributed by atoms with E-state index in [0.29, 0.717) is 0 Å². The van der Waals surface area contributed by atoms with Gasteiger partial charge in [-0.3, -0.25) is 4.98 Å². The SMILES string of the molecule is CC(O[C@H]1C[C@@H](NC(=O)O)C1)c1ccc(Br)cn1. The lowest BCUT2D eigenvalue weighted by Crippen LogP contribution is -2.47. The van der Waals surface area contributed by atoms with Crippen LogP contribution in [0.1, 0.15) is 31.6 Å². The normalized spacial score (nSPS) is 24.1. The van der Waals surface area contributed by atoms with E-state index in [1.807, 2.05) is 19.1 Å². The molecule has 18 heavy (non-hydrogen) atoms. The molecule has 5 nitrogen and oxygen atoms in total. The van der Waals surface area contributed by atoms with E-state index < -0.39 is 6.09 Å². The highest BCUT2D eigenvalue weighted by Crippen LogP contribution is 2.28. The zero-order chi connectivity index (χ0) is 13.1. The first-order valence-electron chi connectivity index (χ1n) is 5.81. The molecule has 98 valence electrons. The number of ether oxygens (including phenoxy) is 1. The van der Waals surface area contributed by atoms with Gasteiger partial charge in [-0.1, -0.05) is 0 Å². The van der Waals surface area contributed by atoms with E-state index in [1.165, 1.54) is 0 Å². The van der Waals surface area contributed by atoms with Gasteiger partial charge in [0, 0.05) is 16.7 Å². The largest absolute Gasteiger partial charge is 0.465 e. The molecule has 1 aromatic heterocycles. The van der Waals surface area contributed by atoms with Crippen LogP contribution in [0, 0.1) is 0 Å². The van der Waals surface area contributed by atoms with Gasteiger partial charge in [-0.15, -0.1) is 0 Å². The smallest absolute Gasteiger partial charge is 0.404 e. The second-order valence-electron chi connectivity index (χ2n) is 4.42. The third kappa shape index (κ3) is 3.43. The van der Waals surface area contributed by atoms with Gasteiger partial charge in [-0.25, -0.2) is 4.79 Å². The molecular weight excluding hydrogens is 300 g/mol. The lowest BCUT2D eigenvalue weighted by atomic mass is 9.89. The molecule has 0 aromatic carbocycles. The third-order valence-electron chi connectivity index (χ3n) is 2.99. The summed E-state index contributed by atoms with van der Waals surface area (Å²) in [6, 6.07) is 3.87. The van der Waals surface area contributed by atoms with Crippen molar-refractivity contribution < 1.29 is 14.6 Å². The van der Waals surface area contributed by atoms with Crippen LogP contribution in [0.5, 0.6) is 0 Å². The van der Waals surface area contributed by atoms with Crippen molar-refractivity contribution >= 4 is 22.0 Å². The zero-order valence-corrected chi connectivity index (χ0v) is 11.6. The van der Waals surface area contributed by atoms with E-state index in [0.717, 1.165) is 23.0 Å². The number of aromatic nitrogens is 1. The van der Waals surface area contributed by atoms with Gasteiger partial charge in [0.05, 0.1) is 17.9 Å². The monoisotopic (exact) mass is 314 g/mol. The van der Waals surface area contributed by atoms with Gasteiger partial charge >= 0.3 is 6.09 Å². The molecule has 1 aromatic rings. The highest BCUT2D eigenvalue weighted by Gasteiger charge is 2.32. The summed E-state index contributed by atoms with van der Waals surface area (Å²) in [6.45, 7) is 1.95. The Hall–Kier alpha value is -1.14. The number of nitrogens with one attached hydrogen (secondary N) is 1. The van der Waals surface area contributed by atoms with Gasteiger partial charge in [0.25, 0.3) is 0 Å². The van der Waals surface area contributed by atoms with E-state index in [1.54, 1.807) is 6.20 Å². The van der Waals surface area contributed by atoms with Gasteiger partial charge in [0.1, 0.15) is 0 Å². The van der Waals surface area contributed by atoms with Crippen molar-refractivity contribution in [2.75, 3.05) is 0 Å². The number of nitrogens with zero attached hydrogens (tertiary/aromatic N) is 1. The van der Waals surface area contributed by atoms with Crippen molar-refractivity contribution in [2.45, 2.75) is 38.0 Å². The van der Waals surface area contributed by atoms with E-state index >= 15 is 0 Å². The Morgan fingerprint density at radius 3 is 2.89 bits per heavy atom. The number of hydrogen-bond donors (Lipinski definition) is 2. The molecule has 0 bridgehead atoms. The van der Waals surface area contributed by atoms with Gasteiger partial charge in [-0.05, 0) is 47.8 Å². The Balaban J connectivity index is 1.78. The summed E-state index contributed by atoms with van der Waals surface area (Å²) in [7, 11) is 0. The lowest BCUT2D eigenvalue weighted by molar-refractivity contribution is -0.0590. The Morgan fingerprint density at radius 2 is 2.33 bits per heavy atom. The van der Waals surface area contributed by atoms with E-state index in [4.69, 9.17) is 9.84 Å². The molecule has 1 amide bonds. The molecular formula is C12H15BrN2O3. The van der Waals surface area contributed by atoms with Gasteiger partial charge in [0.15, 0.2) is 0 Å². The molecule has 1 saturated carbocycles. The summed E-state index contributed by atoms with van der Waals surface area (Å²) in [4.78, 5) is 14.7. The number of carboxylic acid groups (broad SMARTS) is 1. The van der Waals surface area contributed by atoms with E-state index in [9.17, 15) is 4.79 Å². The average Bonchev–Trinajstić information content (AvgIpc) is 2.26. The summed E-state index contributed by atoms with van der Waals surface area (Å²) in [5.41, 5.74) is 0.882. The average molecular weight is 315 g/mol. The molecule has 6 heteroatoms. The maximum atomic E-state index is 10.4. The number of halogens is 1. The van der Waals surface area contributed by atoms with Gasteiger partial charge in [0.2, 0.25) is 0 Å². The molecule has 1 aliphatic carbocycles. The van der Waals surface area contributed by atoms with Crippen molar-refractivity contribution in [1.82, 2.24) is 10.3 Å². The molecule has 0 spiro atoms. The van der Waals surface area contributed by atoms with Crippen LogP contribution >= 0.6 is 15.9 Å². The topological polar surface area (TPSA) is 71.5 Å². The standard InChI is InChI=1S/C12H15BrN2O3/c1-7(11-3-2-8(13)6-14-11)18-10-4-9(5-10)15-12(16)17/h2-3,6-7,9-10,15H,4-5H2,1H3,(H,16,17)/t7?,9-,10+. The molecule has 1 fully saturated rings. The van der Waals surface area contributed by atoms with Crippen molar-refractivity contribution in [3.8, 4) is 0 Å². The summed E-state index contributed by atoms with van der Waals surface area (Å²) < 4.78 is 6.75. The molecule has 2 N–H and O–H groups in total. The quantitative estimate of drug-likeness (QED) is 0.896. The van der Waals surface area contributed by atoms with Gasteiger partial charge < -0.3 is 15.2 Å². The van der Waals surface area contributed by atoms with Crippen molar-refractivity contribution in [2.24, 2.45) is 0 Å². The number of pyridine rings is 1. The maximum absolute atomic E-state index is 10.4. The highest BCUT2D eigenvalue weighted by molar-refractivity contribution is 9.10. The number of rotatable bonds is 4. The van der Waals surface area contributed by atoms with Crippen LogP contribution in [-0.2, 0) is 4.74 Å². The van der Waals surface area contributed by atoms with Crippen molar-refractivity contribution in [1.29, 1.82) is 0 Å². The number of amides is 1. The Labute approximate surface area is 114 Å². The molecule has 1 heterocycles. The van der Waals surface area contributed by atoms with Crippen LogP contribution in [0.3, 0.4) is 0 Å². The summed E-state index contributed by atoms with van der Waals surface area (Å²) in [6.07, 6.45) is 2.27. The van der Waals surface area contributed by atoms with Crippen LogP contribution in [0.15, 0.2) is 22.8 Å². The fourth-order valence-electron chi connectivity index (χ4n) is 1.96. The minimum absolute atomic E-state index is 0.0255. The first-order chi connectivity index (χ1) is 8.54. The van der Waals surface area contributed by atoms with Crippen molar-refractivity contribution in [3.63, 3.8) is 0 Å². The summed E-state index contributed by atoms with van der Waals surface area (Å²) in [5.74, 6) is 0. The Kier molecular flexibility index (Phi) is 4.19. The first-order valence-corrected chi connectivity index (χ1v) is 6.60. The van der Waals surface area contributed by atoms with Crippen LogP contribution < -0.4 is 5.32 Å². The van der Waals surface area contributed by atoms with Crippen molar-refractivity contribution in [3.05, 3.63) is 28.5 Å². The molecule has 0 saturated heterocycles. The van der Waals surface area contributed by atoms with E-state index in [-0.39, 0.29) is 18.2 Å². The zero-order valence-electron chi connectivity index (χ0n) is 9.97. The minimum atomic E-state index is -0.971. The van der Waals surface area contributed by atoms with Gasteiger partial charge in [-0.2, -0.15) is 0 Å². The fourth-order valence-corrected chi connectivity index (χ4v) is 2.19. The predicted octanol–water partition coefficient (Wildman–Crippen LogP) is 2.72. The molecule has 1 atom stereocenters. The van der Waals surface area contributed by atoms with Crippen LogP contribution in [0.2, 0.25) is 0 Å². The summed E-state index contributed by atoms with van der Waals surface area (Å²) in [5, 5.41) is 11.0. The molecule has 0 radical (unpaired) electrons.